The topological polar surface area (TPSA) is 79.5 Å². The van der Waals surface area contributed by atoms with Gasteiger partial charge in [0, 0.05) is 42.1 Å². The summed E-state index contributed by atoms with van der Waals surface area (Å²) in [5, 5.41) is 4.46. The molecule has 27 heavy (non-hydrogen) atoms. The highest BCUT2D eigenvalue weighted by Gasteiger charge is 2.16. The van der Waals surface area contributed by atoms with E-state index in [4.69, 9.17) is 9.47 Å². The van der Waals surface area contributed by atoms with Crippen LogP contribution in [0.15, 0.2) is 42.6 Å². The van der Waals surface area contributed by atoms with Crippen LogP contribution >= 0.6 is 0 Å². The molecule has 1 amide bonds. The number of aromatic nitrogens is 2. The molecule has 7 nitrogen and oxygen atoms in total. The first kappa shape index (κ1) is 15.7. The molecular formula is C20H18N4O3. The van der Waals surface area contributed by atoms with Gasteiger partial charge in [0.1, 0.15) is 5.65 Å². The van der Waals surface area contributed by atoms with Crippen LogP contribution in [-0.2, 0) is 4.79 Å². The van der Waals surface area contributed by atoms with Gasteiger partial charge >= 0.3 is 0 Å². The first-order valence-electron chi connectivity index (χ1n) is 8.83. The number of hydrogen-bond acceptors (Lipinski definition) is 5. The number of carbonyl (C=O) groups is 1. The summed E-state index contributed by atoms with van der Waals surface area (Å²) >= 11 is 0. The molecule has 2 N–H and O–H groups in total. The van der Waals surface area contributed by atoms with Gasteiger partial charge in [-0.05, 0) is 36.3 Å². The molecule has 136 valence electrons. The molecule has 4 heterocycles. The van der Waals surface area contributed by atoms with E-state index in [1.54, 1.807) is 11.1 Å². The number of aromatic amines is 1. The maximum absolute atomic E-state index is 10.9. The highest BCUT2D eigenvalue weighted by atomic mass is 16.7. The lowest BCUT2D eigenvalue weighted by Gasteiger charge is -2.21. The zero-order valence-corrected chi connectivity index (χ0v) is 14.6. The Bertz CT molecular complexity index is 1060. The Labute approximate surface area is 155 Å². The average molecular weight is 362 g/mol. The third-order valence-electron chi connectivity index (χ3n) is 4.92. The molecule has 0 bridgehead atoms. The number of anilines is 2. The van der Waals surface area contributed by atoms with Crippen LogP contribution in [0.4, 0.5) is 11.4 Å². The van der Waals surface area contributed by atoms with Crippen LogP contribution in [0.3, 0.4) is 0 Å². The molecule has 3 aromatic rings. The predicted molar refractivity (Wildman–Crippen MR) is 102 cm³/mol. The van der Waals surface area contributed by atoms with Crippen molar-refractivity contribution in [3.63, 3.8) is 0 Å². The number of amides is 1. The first-order chi connectivity index (χ1) is 13.3. The maximum atomic E-state index is 10.9. The largest absolute Gasteiger partial charge is 0.454 e. The third-order valence-corrected chi connectivity index (χ3v) is 4.92. The van der Waals surface area contributed by atoms with Gasteiger partial charge in [-0.3, -0.25) is 4.79 Å². The molecule has 5 rings (SSSR count). The molecule has 2 aromatic heterocycles. The van der Waals surface area contributed by atoms with E-state index < -0.39 is 0 Å². The van der Waals surface area contributed by atoms with Crippen LogP contribution < -0.4 is 14.8 Å². The van der Waals surface area contributed by atoms with Gasteiger partial charge in [0.25, 0.3) is 0 Å². The Kier molecular flexibility index (Phi) is 3.71. The van der Waals surface area contributed by atoms with Crippen LogP contribution in [-0.4, -0.2) is 41.2 Å². The van der Waals surface area contributed by atoms with Gasteiger partial charge in [0.15, 0.2) is 11.5 Å². The van der Waals surface area contributed by atoms with E-state index in [-0.39, 0.29) is 6.79 Å². The van der Waals surface area contributed by atoms with E-state index in [2.05, 4.69) is 27.4 Å². The van der Waals surface area contributed by atoms with Gasteiger partial charge in [0.05, 0.1) is 5.69 Å². The second-order valence-corrected chi connectivity index (χ2v) is 6.58. The molecule has 0 saturated carbocycles. The van der Waals surface area contributed by atoms with Crippen molar-refractivity contribution in [2.75, 3.05) is 25.2 Å². The Balaban J connectivity index is 1.46. The molecule has 0 aliphatic carbocycles. The van der Waals surface area contributed by atoms with Crippen LogP contribution in [0.2, 0.25) is 0 Å². The minimum atomic E-state index is 0.260. The second kappa shape index (κ2) is 6.35. The summed E-state index contributed by atoms with van der Waals surface area (Å²) in [6, 6.07) is 9.86. The summed E-state index contributed by atoms with van der Waals surface area (Å²) in [5.74, 6) is 1.50. The van der Waals surface area contributed by atoms with Crippen molar-refractivity contribution in [2.45, 2.75) is 6.42 Å². The number of carbonyl (C=O) groups excluding carboxylic acids is 1. The lowest BCUT2D eigenvalue weighted by molar-refractivity contribution is -0.117. The van der Waals surface area contributed by atoms with E-state index in [1.807, 2.05) is 24.3 Å². The van der Waals surface area contributed by atoms with Crippen LogP contribution in [0.5, 0.6) is 11.5 Å². The molecule has 0 unspecified atom stereocenters. The first-order valence-corrected chi connectivity index (χ1v) is 8.83. The van der Waals surface area contributed by atoms with Crippen LogP contribution in [0.1, 0.15) is 12.1 Å². The van der Waals surface area contributed by atoms with Crippen molar-refractivity contribution in [1.82, 2.24) is 14.9 Å². The van der Waals surface area contributed by atoms with E-state index >= 15 is 0 Å². The number of nitrogens with one attached hydrogen (secondary N) is 2. The Hall–Kier alpha value is -3.48. The summed E-state index contributed by atoms with van der Waals surface area (Å²) in [6.07, 6.45) is 5.60. The lowest BCUT2D eigenvalue weighted by atomic mass is 10.1. The van der Waals surface area contributed by atoms with Crippen molar-refractivity contribution >= 4 is 34.4 Å². The summed E-state index contributed by atoms with van der Waals surface area (Å²) in [4.78, 5) is 20.5. The van der Waals surface area contributed by atoms with Crippen molar-refractivity contribution in [3.05, 3.63) is 48.3 Å². The van der Waals surface area contributed by atoms with E-state index in [1.165, 1.54) is 5.57 Å². The van der Waals surface area contributed by atoms with E-state index in [9.17, 15) is 4.79 Å². The molecule has 0 fully saturated rings. The van der Waals surface area contributed by atoms with Gasteiger partial charge in [-0.15, -0.1) is 0 Å². The van der Waals surface area contributed by atoms with Gasteiger partial charge in [-0.2, -0.15) is 0 Å². The number of benzene rings is 1. The molecule has 0 radical (unpaired) electrons. The Morgan fingerprint density at radius 1 is 1.19 bits per heavy atom. The zero-order chi connectivity index (χ0) is 18.2. The molecule has 2 aliphatic heterocycles. The number of hydrogen-bond donors (Lipinski definition) is 2. The third kappa shape index (κ3) is 2.87. The smallest absolute Gasteiger partial charge is 0.231 e. The van der Waals surface area contributed by atoms with Crippen molar-refractivity contribution < 1.29 is 14.3 Å². The fourth-order valence-electron chi connectivity index (χ4n) is 3.46. The predicted octanol–water partition coefficient (Wildman–Crippen LogP) is 3.28. The Morgan fingerprint density at radius 3 is 2.96 bits per heavy atom. The minimum absolute atomic E-state index is 0.260. The molecule has 0 saturated heterocycles. The number of nitrogens with zero attached hydrogens (tertiary/aromatic N) is 2. The number of rotatable bonds is 4. The Morgan fingerprint density at radius 2 is 2.11 bits per heavy atom. The van der Waals surface area contributed by atoms with Gasteiger partial charge in [-0.1, -0.05) is 6.08 Å². The van der Waals surface area contributed by atoms with Gasteiger partial charge < -0.3 is 24.7 Å². The maximum Gasteiger partial charge on any atom is 0.231 e. The van der Waals surface area contributed by atoms with Crippen molar-refractivity contribution in [2.24, 2.45) is 0 Å². The highest BCUT2D eigenvalue weighted by Crippen LogP contribution is 2.36. The fraction of sp³-hybridized carbons (Fsp3) is 0.200. The summed E-state index contributed by atoms with van der Waals surface area (Å²) in [5.41, 5.74) is 4.97. The monoisotopic (exact) mass is 362 g/mol. The molecule has 2 aliphatic rings. The number of pyridine rings is 1. The fourth-order valence-corrected chi connectivity index (χ4v) is 3.46. The number of H-pyrrole nitrogens is 1. The molecule has 0 spiro atoms. The number of ether oxygens (including phenoxy) is 2. The standard InChI is InChI=1S/C20H18N4O3/c25-11-24-7-4-13(5-8-24)17-10-15-16(3-6-21-20(15)23-17)22-14-1-2-18-19(9-14)27-12-26-18/h1-4,6,9-11H,5,7-8,12H2,(H2,21,22,23). The summed E-state index contributed by atoms with van der Waals surface area (Å²) in [6.45, 7) is 1.64. The SMILES string of the molecule is O=CN1CC=C(c2cc3c(Nc4ccc5c(c4)OCO5)ccnc3[nH]2)CC1. The van der Waals surface area contributed by atoms with Crippen LogP contribution in [0.25, 0.3) is 16.6 Å². The quantitative estimate of drug-likeness (QED) is 0.697. The summed E-state index contributed by atoms with van der Waals surface area (Å²) < 4.78 is 10.8. The molecule has 1 aromatic carbocycles. The summed E-state index contributed by atoms with van der Waals surface area (Å²) in [7, 11) is 0. The van der Waals surface area contributed by atoms with E-state index in [0.29, 0.717) is 6.54 Å². The normalized spacial score (nSPS) is 15.7. The molecule has 0 atom stereocenters. The average Bonchev–Trinajstić information content (AvgIpc) is 3.35. The highest BCUT2D eigenvalue weighted by molar-refractivity contribution is 5.94. The van der Waals surface area contributed by atoms with Crippen LogP contribution in [0, 0.1) is 0 Å². The number of fused-ring (bicyclic) bond motifs is 2. The minimum Gasteiger partial charge on any atom is -0.454 e. The van der Waals surface area contributed by atoms with Crippen molar-refractivity contribution in [1.29, 1.82) is 0 Å². The molecule has 7 heteroatoms. The van der Waals surface area contributed by atoms with Gasteiger partial charge in [0.2, 0.25) is 13.2 Å². The molecular weight excluding hydrogens is 344 g/mol. The van der Waals surface area contributed by atoms with Crippen molar-refractivity contribution in [3.8, 4) is 11.5 Å². The lowest BCUT2D eigenvalue weighted by Crippen LogP contribution is -2.26. The second-order valence-electron chi connectivity index (χ2n) is 6.58. The van der Waals surface area contributed by atoms with Gasteiger partial charge in [-0.25, -0.2) is 4.98 Å². The zero-order valence-electron chi connectivity index (χ0n) is 14.6. The van der Waals surface area contributed by atoms with E-state index in [0.717, 1.165) is 59.0 Å².